The molecule has 0 aliphatic rings. The molecule has 1 rings (SSSR count). The molecule has 0 fully saturated rings. The van der Waals surface area contributed by atoms with E-state index < -0.39 is 0 Å². The second kappa shape index (κ2) is 7.13. The summed E-state index contributed by atoms with van der Waals surface area (Å²) in [6, 6.07) is 9.98. The smallest absolute Gasteiger partial charge is 0.220 e. The van der Waals surface area contributed by atoms with Crippen LogP contribution in [0.2, 0.25) is 0 Å². The maximum atomic E-state index is 11.8. The van der Waals surface area contributed by atoms with Crippen LogP contribution in [0.25, 0.3) is 0 Å². The molecule has 0 heterocycles. The van der Waals surface area contributed by atoms with Crippen LogP contribution in [0, 0.1) is 11.3 Å². The molecular weight excluding hydrogens is 234 g/mol. The predicted molar refractivity (Wildman–Crippen MR) is 80.7 cm³/mol. The van der Waals surface area contributed by atoms with Gasteiger partial charge in [0.2, 0.25) is 5.91 Å². The van der Waals surface area contributed by atoms with Gasteiger partial charge in [-0.3, -0.25) is 4.79 Å². The van der Waals surface area contributed by atoms with Crippen molar-refractivity contribution in [2.45, 2.75) is 40.7 Å². The Kier molecular flexibility index (Phi) is 5.81. The highest BCUT2D eigenvalue weighted by Gasteiger charge is 2.09. The van der Waals surface area contributed by atoms with E-state index in [0.29, 0.717) is 13.0 Å². The Bertz CT molecular complexity index is 415. The summed E-state index contributed by atoms with van der Waals surface area (Å²) in [6.07, 6.45) is 4.84. The van der Waals surface area contributed by atoms with Gasteiger partial charge in [0.15, 0.2) is 0 Å². The van der Waals surface area contributed by atoms with E-state index in [1.54, 1.807) is 0 Å². The number of nitrogens with one attached hydrogen (secondary N) is 1. The van der Waals surface area contributed by atoms with Crippen molar-refractivity contribution >= 4 is 5.91 Å². The molecule has 104 valence electrons. The second-order valence-electron chi connectivity index (χ2n) is 6.17. The van der Waals surface area contributed by atoms with E-state index >= 15 is 0 Å². The number of benzene rings is 1. The molecule has 1 aromatic rings. The quantitative estimate of drug-likeness (QED) is 0.798. The Hall–Kier alpha value is -1.57. The summed E-state index contributed by atoms with van der Waals surface area (Å²) in [4.78, 5) is 11.8. The van der Waals surface area contributed by atoms with Crippen LogP contribution in [0.15, 0.2) is 42.5 Å². The molecule has 2 heteroatoms. The van der Waals surface area contributed by atoms with Gasteiger partial charge < -0.3 is 5.32 Å². The minimum atomic E-state index is 0.106. The molecule has 0 bridgehead atoms. The van der Waals surface area contributed by atoms with Crippen LogP contribution >= 0.6 is 0 Å². The monoisotopic (exact) mass is 259 g/mol. The fraction of sp³-hybridized carbons (Fsp3) is 0.471. The molecule has 0 aliphatic carbocycles. The van der Waals surface area contributed by atoms with E-state index in [1.165, 1.54) is 0 Å². The lowest BCUT2D eigenvalue weighted by atomic mass is 9.93. The molecule has 1 atom stereocenters. The molecular formula is C17H25NO. The highest BCUT2D eigenvalue weighted by molar-refractivity contribution is 5.76. The van der Waals surface area contributed by atoms with Crippen LogP contribution in [0.3, 0.4) is 0 Å². The van der Waals surface area contributed by atoms with Crippen molar-refractivity contribution in [2.75, 3.05) is 0 Å². The first-order chi connectivity index (χ1) is 8.87. The summed E-state index contributed by atoms with van der Waals surface area (Å²) in [6.45, 7) is 9.16. The van der Waals surface area contributed by atoms with Gasteiger partial charge in [-0.1, -0.05) is 70.2 Å². The van der Waals surface area contributed by atoms with Gasteiger partial charge in [0, 0.05) is 13.0 Å². The minimum absolute atomic E-state index is 0.106. The van der Waals surface area contributed by atoms with E-state index in [4.69, 9.17) is 0 Å². The van der Waals surface area contributed by atoms with Crippen molar-refractivity contribution in [1.82, 2.24) is 5.32 Å². The van der Waals surface area contributed by atoms with Crippen LogP contribution in [-0.2, 0) is 11.3 Å². The third-order valence-electron chi connectivity index (χ3n) is 2.76. The van der Waals surface area contributed by atoms with Gasteiger partial charge in [-0.05, 0) is 16.9 Å². The lowest BCUT2D eigenvalue weighted by molar-refractivity contribution is -0.121. The average Bonchev–Trinajstić information content (AvgIpc) is 2.34. The summed E-state index contributed by atoms with van der Waals surface area (Å²) < 4.78 is 0. The zero-order chi connectivity index (χ0) is 14.3. The molecule has 0 aromatic heterocycles. The van der Waals surface area contributed by atoms with E-state index in [1.807, 2.05) is 30.3 Å². The van der Waals surface area contributed by atoms with Crippen LogP contribution in [-0.4, -0.2) is 5.91 Å². The van der Waals surface area contributed by atoms with Gasteiger partial charge in [0.25, 0.3) is 0 Å². The topological polar surface area (TPSA) is 29.1 Å². The molecule has 0 aliphatic heterocycles. The molecule has 19 heavy (non-hydrogen) atoms. The second-order valence-corrected chi connectivity index (χ2v) is 6.17. The molecule has 0 radical (unpaired) electrons. The zero-order valence-corrected chi connectivity index (χ0v) is 12.4. The Morgan fingerprint density at radius 3 is 2.47 bits per heavy atom. The van der Waals surface area contributed by atoms with E-state index in [9.17, 15) is 4.79 Å². The summed E-state index contributed by atoms with van der Waals surface area (Å²) in [5, 5.41) is 2.95. The SMILES string of the molecule is CC(/C=C/C(C)(C)C)CC(=O)NCc1ccccc1. The number of hydrogen-bond acceptors (Lipinski definition) is 1. The number of amides is 1. The molecule has 0 saturated carbocycles. The fourth-order valence-electron chi connectivity index (χ4n) is 1.68. The Labute approximate surface area is 116 Å². The van der Waals surface area contributed by atoms with Gasteiger partial charge in [-0.25, -0.2) is 0 Å². The highest BCUT2D eigenvalue weighted by atomic mass is 16.1. The zero-order valence-electron chi connectivity index (χ0n) is 12.4. The molecule has 1 amide bonds. The molecule has 0 spiro atoms. The third kappa shape index (κ3) is 7.45. The number of carbonyl (C=O) groups is 1. The lowest BCUT2D eigenvalue weighted by Gasteiger charge is -2.13. The van der Waals surface area contributed by atoms with Crippen molar-refractivity contribution in [3.05, 3.63) is 48.0 Å². The molecule has 1 N–H and O–H groups in total. The first-order valence-electron chi connectivity index (χ1n) is 6.87. The minimum Gasteiger partial charge on any atom is -0.352 e. The predicted octanol–water partition coefficient (Wildman–Crippen LogP) is 3.93. The Morgan fingerprint density at radius 1 is 1.26 bits per heavy atom. The number of allylic oxidation sites excluding steroid dienone is 2. The Morgan fingerprint density at radius 2 is 1.89 bits per heavy atom. The fourth-order valence-corrected chi connectivity index (χ4v) is 1.68. The number of carbonyl (C=O) groups excluding carboxylic acids is 1. The maximum absolute atomic E-state index is 11.8. The lowest BCUT2D eigenvalue weighted by Crippen LogP contribution is -2.24. The van der Waals surface area contributed by atoms with Crippen LogP contribution in [0.1, 0.15) is 39.7 Å². The van der Waals surface area contributed by atoms with Crippen LogP contribution in [0.5, 0.6) is 0 Å². The van der Waals surface area contributed by atoms with Crippen LogP contribution in [0.4, 0.5) is 0 Å². The van der Waals surface area contributed by atoms with Crippen molar-refractivity contribution in [2.24, 2.45) is 11.3 Å². The third-order valence-corrected chi connectivity index (χ3v) is 2.76. The first kappa shape index (κ1) is 15.5. The van der Waals surface area contributed by atoms with Gasteiger partial charge in [-0.15, -0.1) is 0 Å². The summed E-state index contributed by atoms with van der Waals surface area (Å²) in [5.74, 6) is 0.380. The molecule has 1 unspecified atom stereocenters. The van der Waals surface area contributed by atoms with Crippen molar-refractivity contribution in [3.63, 3.8) is 0 Å². The van der Waals surface area contributed by atoms with Crippen LogP contribution < -0.4 is 5.32 Å². The summed E-state index contributed by atoms with van der Waals surface area (Å²) in [7, 11) is 0. The number of hydrogen-bond donors (Lipinski definition) is 1. The standard InChI is InChI=1S/C17H25NO/c1-14(10-11-17(2,3)4)12-16(19)18-13-15-8-6-5-7-9-15/h5-11,14H,12-13H2,1-4H3,(H,18,19)/b11-10+. The largest absolute Gasteiger partial charge is 0.352 e. The normalized spacial score (nSPS) is 13.5. The summed E-state index contributed by atoms with van der Waals surface area (Å²) >= 11 is 0. The van der Waals surface area contributed by atoms with Gasteiger partial charge >= 0.3 is 0 Å². The Balaban J connectivity index is 2.33. The summed E-state index contributed by atoms with van der Waals surface area (Å²) in [5.41, 5.74) is 1.31. The molecule has 0 saturated heterocycles. The van der Waals surface area contributed by atoms with Crippen molar-refractivity contribution in [3.8, 4) is 0 Å². The van der Waals surface area contributed by atoms with E-state index in [2.05, 4.69) is 45.2 Å². The molecule has 2 nitrogen and oxygen atoms in total. The maximum Gasteiger partial charge on any atom is 0.220 e. The molecule has 1 aromatic carbocycles. The number of rotatable bonds is 5. The first-order valence-corrected chi connectivity index (χ1v) is 6.87. The highest BCUT2D eigenvalue weighted by Crippen LogP contribution is 2.17. The van der Waals surface area contributed by atoms with Gasteiger partial charge in [0.05, 0.1) is 0 Å². The van der Waals surface area contributed by atoms with Crippen molar-refractivity contribution < 1.29 is 4.79 Å². The van der Waals surface area contributed by atoms with E-state index in [0.717, 1.165) is 5.56 Å². The van der Waals surface area contributed by atoms with Crippen molar-refractivity contribution in [1.29, 1.82) is 0 Å². The van der Waals surface area contributed by atoms with Gasteiger partial charge in [-0.2, -0.15) is 0 Å². The van der Waals surface area contributed by atoms with E-state index in [-0.39, 0.29) is 17.2 Å². The average molecular weight is 259 g/mol. The van der Waals surface area contributed by atoms with Gasteiger partial charge in [0.1, 0.15) is 0 Å².